The van der Waals surface area contributed by atoms with Crippen LogP contribution in [0.3, 0.4) is 0 Å². The molecule has 0 aliphatic carbocycles. The zero-order chi connectivity index (χ0) is 19.4. The van der Waals surface area contributed by atoms with Gasteiger partial charge >= 0.3 is 0 Å². The summed E-state index contributed by atoms with van der Waals surface area (Å²) >= 11 is 0. The summed E-state index contributed by atoms with van der Waals surface area (Å²) in [6, 6.07) is 11.5. The molecule has 0 bridgehead atoms. The molecular formula is C19H18FN3O4. The number of carbonyl (C=O) groups is 2. The zero-order valence-electron chi connectivity index (χ0n) is 14.5. The Kier molecular flexibility index (Phi) is 5.44. The number of para-hydroxylation sites is 1. The Hall–Kier alpha value is -3.29. The van der Waals surface area contributed by atoms with Crippen LogP contribution in [-0.4, -0.2) is 34.9 Å². The molecule has 0 radical (unpaired) electrons. The molecule has 2 aromatic rings. The Morgan fingerprint density at radius 3 is 2.48 bits per heavy atom. The average Bonchev–Trinajstić information content (AvgIpc) is 3.05. The van der Waals surface area contributed by atoms with Gasteiger partial charge in [0.15, 0.2) is 0 Å². The van der Waals surface area contributed by atoms with Crippen LogP contribution in [0.5, 0.6) is 0 Å². The van der Waals surface area contributed by atoms with Crippen LogP contribution < -0.4 is 4.90 Å². The lowest BCUT2D eigenvalue weighted by molar-refractivity contribution is -0.384. The van der Waals surface area contributed by atoms with Crippen LogP contribution in [0.4, 0.5) is 15.8 Å². The maximum Gasteiger partial charge on any atom is 0.269 e. The molecule has 7 nitrogen and oxygen atoms in total. The van der Waals surface area contributed by atoms with E-state index >= 15 is 0 Å². The molecule has 1 aliphatic rings. The van der Waals surface area contributed by atoms with Crippen LogP contribution in [-0.2, 0) is 16.0 Å². The van der Waals surface area contributed by atoms with Crippen molar-refractivity contribution < 1.29 is 18.9 Å². The van der Waals surface area contributed by atoms with E-state index in [9.17, 15) is 24.1 Å². The summed E-state index contributed by atoms with van der Waals surface area (Å²) in [5, 5.41) is 10.7. The highest BCUT2D eigenvalue weighted by Gasteiger charge is 2.27. The molecule has 0 aromatic heterocycles. The molecule has 8 heteroatoms. The normalized spacial score (nSPS) is 13.7. The molecule has 1 heterocycles. The van der Waals surface area contributed by atoms with Crippen molar-refractivity contribution in [2.45, 2.75) is 19.3 Å². The van der Waals surface area contributed by atoms with Gasteiger partial charge in [-0.1, -0.05) is 24.3 Å². The lowest BCUT2D eigenvalue weighted by atomic mass is 10.1. The fraction of sp³-hybridized carbons (Fsp3) is 0.263. The predicted octanol–water partition coefficient (Wildman–Crippen LogP) is 2.89. The van der Waals surface area contributed by atoms with Crippen molar-refractivity contribution in [3.05, 3.63) is 70.0 Å². The number of hydrogen-bond donors (Lipinski definition) is 0. The van der Waals surface area contributed by atoms with Crippen molar-refractivity contribution in [2.75, 3.05) is 18.1 Å². The fourth-order valence-electron chi connectivity index (χ4n) is 2.99. The molecule has 3 rings (SSSR count). The summed E-state index contributed by atoms with van der Waals surface area (Å²) < 4.78 is 14.3. The number of nitro groups is 1. The van der Waals surface area contributed by atoms with E-state index in [2.05, 4.69) is 0 Å². The van der Waals surface area contributed by atoms with E-state index in [0.29, 0.717) is 24.9 Å². The number of non-ortho nitro benzene ring substituents is 1. The van der Waals surface area contributed by atoms with Crippen LogP contribution in [0.25, 0.3) is 0 Å². The molecule has 1 saturated heterocycles. The van der Waals surface area contributed by atoms with Crippen molar-refractivity contribution in [1.29, 1.82) is 0 Å². The molecule has 0 saturated carbocycles. The first-order valence-corrected chi connectivity index (χ1v) is 8.51. The number of benzene rings is 2. The van der Waals surface area contributed by atoms with Crippen molar-refractivity contribution >= 4 is 23.2 Å². The molecule has 0 atom stereocenters. The van der Waals surface area contributed by atoms with Gasteiger partial charge in [-0.25, -0.2) is 4.39 Å². The largest absolute Gasteiger partial charge is 0.324 e. The summed E-state index contributed by atoms with van der Waals surface area (Å²) in [6.07, 6.45) is 1.07. The molecule has 27 heavy (non-hydrogen) atoms. The zero-order valence-corrected chi connectivity index (χ0v) is 14.5. The minimum absolute atomic E-state index is 0.0222. The number of halogens is 1. The summed E-state index contributed by atoms with van der Waals surface area (Å²) in [4.78, 5) is 37.8. The maximum absolute atomic E-state index is 14.3. The minimum atomic E-state index is -0.554. The molecule has 1 fully saturated rings. The molecular weight excluding hydrogens is 353 g/mol. The SMILES string of the molecule is O=C1CCCN1CN(C(=O)Cc1ccc([N+](=O)[O-])cc1)c1ccccc1F. The maximum atomic E-state index is 14.3. The van der Waals surface area contributed by atoms with Crippen molar-refractivity contribution in [1.82, 2.24) is 4.90 Å². The van der Waals surface area contributed by atoms with Crippen LogP contribution >= 0.6 is 0 Å². The van der Waals surface area contributed by atoms with E-state index in [1.165, 1.54) is 52.3 Å². The summed E-state index contributed by atoms with van der Waals surface area (Å²) in [6.45, 7) is 0.500. The first-order valence-electron chi connectivity index (χ1n) is 8.51. The van der Waals surface area contributed by atoms with Crippen molar-refractivity contribution in [2.24, 2.45) is 0 Å². The number of carbonyl (C=O) groups excluding carboxylic acids is 2. The number of nitro benzene ring substituents is 1. The predicted molar refractivity (Wildman–Crippen MR) is 96.5 cm³/mol. The molecule has 0 N–H and O–H groups in total. The number of nitrogens with zero attached hydrogens (tertiary/aromatic N) is 3. The van der Waals surface area contributed by atoms with E-state index in [4.69, 9.17) is 0 Å². The second-order valence-corrected chi connectivity index (χ2v) is 6.28. The van der Waals surface area contributed by atoms with Gasteiger partial charge in [0, 0.05) is 25.1 Å². The third-order valence-corrected chi connectivity index (χ3v) is 4.43. The molecule has 0 unspecified atom stereocenters. The smallest absolute Gasteiger partial charge is 0.269 e. The highest BCUT2D eigenvalue weighted by molar-refractivity contribution is 5.95. The van der Waals surface area contributed by atoms with E-state index in [1.807, 2.05) is 0 Å². The Morgan fingerprint density at radius 2 is 1.89 bits per heavy atom. The van der Waals surface area contributed by atoms with Crippen LogP contribution in [0, 0.1) is 15.9 Å². The molecule has 2 amide bonds. The van der Waals surface area contributed by atoms with Crippen molar-refractivity contribution in [3.63, 3.8) is 0 Å². The van der Waals surface area contributed by atoms with Crippen LogP contribution in [0.1, 0.15) is 18.4 Å². The summed E-state index contributed by atoms with van der Waals surface area (Å²) in [7, 11) is 0. The Morgan fingerprint density at radius 1 is 1.19 bits per heavy atom. The Labute approximate surface area is 155 Å². The first kappa shape index (κ1) is 18.5. The first-order chi connectivity index (χ1) is 13.0. The van der Waals surface area contributed by atoms with Gasteiger partial charge in [-0.05, 0) is 24.1 Å². The molecule has 140 valence electrons. The monoisotopic (exact) mass is 371 g/mol. The van der Waals surface area contributed by atoms with E-state index in [-0.39, 0.29) is 30.4 Å². The number of anilines is 1. The van der Waals surface area contributed by atoms with Gasteiger partial charge in [0.25, 0.3) is 5.69 Å². The van der Waals surface area contributed by atoms with Gasteiger partial charge in [-0.3, -0.25) is 24.6 Å². The standard InChI is InChI=1S/C19H18FN3O4/c20-16-4-1-2-5-17(16)22(13-21-11-3-6-18(21)24)19(25)12-14-7-9-15(10-8-14)23(26)27/h1-2,4-5,7-10H,3,6,11-13H2. The number of amides is 2. The van der Waals surface area contributed by atoms with E-state index in [1.54, 1.807) is 6.07 Å². The van der Waals surface area contributed by atoms with Gasteiger partial charge in [-0.2, -0.15) is 0 Å². The Bertz CT molecular complexity index is 870. The van der Waals surface area contributed by atoms with Gasteiger partial charge in [0.1, 0.15) is 12.5 Å². The number of likely N-dealkylation sites (tertiary alicyclic amines) is 1. The minimum Gasteiger partial charge on any atom is -0.324 e. The highest BCUT2D eigenvalue weighted by atomic mass is 19.1. The summed E-state index contributed by atoms with van der Waals surface area (Å²) in [5.74, 6) is -1.02. The van der Waals surface area contributed by atoms with Gasteiger partial charge < -0.3 is 4.90 Å². The van der Waals surface area contributed by atoms with Gasteiger partial charge in [0.05, 0.1) is 17.0 Å². The third kappa shape index (κ3) is 4.28. The lowest BCUT2D eigenvalue weighted by Gasteiger charge is -2.28. The molecule has 0 spiro atoms. The lowest BCUT2D eigenvalue weighted by Crippen LogP contribution is -2.43. The van der Waals surface area contributed by atoms with Gasteiger partial charge in [-0.15, -0.1) is 0 Å². The van der Waals surface area contributed by atoms with E-state index < -0.39 is 16.6 Å². The van der Waals surface area contributed by atoms with Crippen LogP contribution in [0.2, 0.25) is 0 Å². The second-order valence-electron chi connectivity index (χ2n) is 6.28. The molecule has 2 aromatic carbocycles. The van der Waals surface area contributed by atoms with Crippen LogP contribution in [0.15, 0.2) is 48.5 Å². The average molecular weight is 371 g/mol. The molecule has 1 aliphatic heterocycles. The van der Waals surface area contributed by atoms with Crippen molar-refractivity contribution in [3.8, 4) is 0 Å². The number of rotatable bonds is 6. The van der Waals surface area contributed by atoms with Gasteiger partial charge in [0.2, 0.25) is 11.8 Å². The van der Waals surface area contributed by atoms with E-state index in [0.717, 1.165) is 0 Å². The Balaban J connectivity index is 1.82. The summed E-state index contributed by atoms with van der Waals surface area (Å²) in [5.41, 5.74) is 0.601. The topological polar surface area (TPSA) is 83.8 Å². The third-order valence-electron chi connectivity index (χ3n) is 4.43. The quantitative estimate of drug-likeness (QED) is 0.577. The fourth-order valence-corrected chi connectivity index (χ4v) is 2.99. The highest BCUT2D eigenvalue weighted by Crippen LogP contribution is 2.22. The number of hydrogen-bond acceptors (Lipinski definition) is 4. The second kappa shape index (κ2) is 7.94.